The maximum Gasteiger partial charge on any atom is 0.244 e. The number of aromatic nitrogens is 1. The Hall–Kier alpha value is -1.71. The van der Waals surface area contributed by atoms with Crippen molar-refractivity contribution in [3.8, 4) is 0 Å². The lowest BCUT2D eigenvalue weighted by molar-refractivity contribution is -0.130. The molecule has 0 unspecified atom stereocenters. The third-order valence-electron chi connectivity index (χ3n) is 5.02. The molecule has 1 amide bonds. The monoisotopic (exact) mass is 460 g/mol. The number of halogens is 2. The van der Waals surface area contributed by atoms with Crippen LogP contribution >= 0.6 is 24.8 Å². The Morgan fingerprint density at radius 1 is 1.17 bits per heavy atom. The van der Waals surface area contributed by atoms with Gasteiger partial charge in [-0.25, -0.2) is 8.42 Å². The number of amides is 1. The van der Waals surface area contributed by atoms with Crippen LogP contribution in [-0.2, 0) is 14.8 Å². The van der Waals surface area contributed by atoms with E-state index < -0.39 is 10.0 Å². The first-order chi connectivity index (χ1) is 12.9. The summed E-state index contributed by atoms with van der Waals surface area (Å²) in [4.78, 5) is 18.4. The Labute approximate surface area is 184 Å². The summed E-state index contributed by atoms with van der Waals surface area (Å²) in [5.41, 5.74) is 7.07. The number of nitrogens with zero attached hydrogens (tertiary/aromatic N) is 3. The summed E-state index contributed by atoms with van der Waals surface area (Å²) < 4.78 is 26.2. The molecule has 0 bridgehead atoms. The predicted octanol–water partition coefficient (Wildman–Crippen LogP) is 1.75. The molecule has 0 radical (unpaired) electrons. The van der Waals surface area contributed by atoms with Crippen LogP contribution in [0.3, 0.4) is 0 Å². The van der Waals surface area contributed by atoms with E-state index >= 15 is 0 Å². The number of carbonyl (C=O) groups is 1. The lowest BCUT2D eigenvalue weighted by Crippen LogP contribution is -2.40. The van der Waals surface area contributed by atoms with Crippen LogP contribution in [0.4, 0.5) is 0 Å². The zero-order chi connectivity index (χ0) is 19.4. The number of nitrogens with two attached hydrogens (primary N) is 1. The van der Waals surface area contributed by atoms with Crippen LogP contribution in [0.2, 0.25) is 0 Å². The first kappa shape index (κ1) is 25.3. The van der Waals surface area contributed by atoms with E-state index in [1.807, 2.05) is 30.3 Å². The van der Waals surface area contributed by atoms with Gasteiger partial charge in [0.1, 0.15) is 4.90 Å². The Morgan fingerprint density at radius 2 is 1.86 bits per heavy atom. The maximum absolute atomic E-state index is 12.7. The van der Waals surface area contributed by atoms with E-state index in [1.165, 1.54) is 25.5 Å². The number of likely N-dealkylation sites (tertiary alicyclic amines) is 1. The highest BCUT2D eigenvalue weighted by atomic mass is 35.5. The standard InChI is InChI=1S/C19H24N4O3S.2ClH/c1-22(27(25,26)17-8-5-9-21-11-17)14-19(24)23-12-16(10-20)18(13-23)15-6-3-2-4-7-15;;/h2-9,11,16,18H,10,12-14,20H2,1H3;2*1H/t16-,18+;;/m1../s1. The number of pyridine rings is 1. The maximum atomic E-state index is 12.7. The predicted molar refractivity (Wildman–Crippen MR) is 117 cm³/mol. The average molecular weight is 461 g/mol. The Balaban J connectivity index is 0.00000210. The van der Waals surface area contributed by atoms with Crippen LogP contribution in [0.25, 0.3) is 0 Å². The molecular weight excluding hydrogens is 435 g/mol. The molecule has 1 aliphatic heterocycles. The number of carbonyl (C=O) groups excluding carboxylic acids is 1. The topological polar surface area (TPSA) is 96.6 Å². The van der Waals surface area contributed by atoms with Crippen LogP contribution in [0.15, 0.2) is 59.8 Å². The normalized spacial score (nSPS) is 18.8. The second kappa shape index (κ2) is 10.9. The molecule has 0 saturated carbocycles. The molecule has 2 heterocycles. The van der Waals surface area contributed by atoms with Crippen molar-refractivity contribution in [2.45, 2.75) is 10.8 Å². The van der Waals surface area contributed by atoms with Crippen molar-refractivity contribution in [1.82, 2.24) is 14.2 Å². The minimum absolute atomic E-state index is 0. The van der Waals surface area contributed by atoms with Gasteiger partial charge in [-0.15, -0.1) is 24.8 Å². The van der Waals surface area contributed by atoms with Gasteiger partial charge >= 0.3 is 0 Å². The molecular formula is C19H26Cl2N4O3S. The highest BCUT2D eigenvalue weighted by Gasteiger charge is 2.36. The number of hydrogen-bond donors (Lipinski definition) is 1. The molecule has 1 saturated heterocycles. The number of benzene rings is 1. The molecule has 1 aromatic carbocycles. The number of sulfonamides is 1. The molecule has 160 valence electrons. The SMILES string of the molecule is CN(CC(=O)N1C[C@@H](CN)[C@H](c2ccccc2)C1)S(=O)(=O)c1cccnc1.Cl.Cl. The second-order valence-electron chi connectivity index (χ2n) is 6.76. The Morgan fingerprint density at radius 3 is 2.45 bits per heavy atom. The fraction of sp³-hybridized carbons (Fsp3) is 0.368. The van der Waals surface area contributed by atoms with Gasteiger partial charge in [-0.1, -0.05) is 30.3 Å². The van der Waals surface area contributed by atoms with Gasteiger partial charge in [0.05, 0.1) is 6.54 Å². The summed E-state index contributed by atoms with van der Waals surface area (Å²) in [7, 11) is -2.34. The van der Waals surface area contributed by atoms with Crippen LogP contribution in [0.5, 0.6) is 0 Å². The lowest BCUT2D eigenvalue weighted by atomic mass is 9.89. The van der Waals surface area contributed by atoms with Crippen molar-refractivity contribution < 1.29 is 13.2 Å². The van der Waals surface area contributed by atoms with Crippen LogP contribution in [0, 0.1) is 5.92 Å². The van der Waals surface area contributed by atoms with Gasteiger partial charge in [0.2, 0.25) is 15.9 Å². The number of likely N-dealkylation sites (N-methyl/N-ethyl adjacent to an activating group) is 1. The fourth-order valence-corrected chi connectivity index (χ4v) is 4.53. The Kier molecular flexibility index (Phi) is 9.51. The van der Waals surface area contributed by atoms with Crippen LogP contribution in [0.1, 0.15) is 11.5 Å². The van der Waals surface area contributed by atoms with Gasteiger partial charge in [0.15, 0.2) is 0 Å². The molecule has 0 spiro atoms. The van der Waals surface area contributed by atoms with Crippen LogP contribution < -0.4 is 5.73 Å². The largest absolute Gasteiger partial charge is 0.341 e. The fourth-order valence-electron chi connectivity index (χ4n) is 3.45. The zero-order valence-electron chi connectivity index (χ0n) is 16.0. The summed E-state index contributed by atoms with van der Waals surface area (Å²) >= 11 is 0. The Bertz CT molecular complexity index is 885. The van der Waals surface area contributed by atoms with E-state index in [9.17, 15) is 13.2 Å². The van der Waals surface area contributed by atoms with E-state index in [4.69, 9.17) is 5.73 Å². The van der Waals surface area contributed by atoms with E-state index in [1.54, 1.807) is 11.0 Å². The highest BCUT2D eigenvalue weighted by Crippen LogP contribution is 2.32. The highest BCUT2D eigenvalue weighted by molar-refractivity contribution is 7.89. The molecule has 0 aliphatic carbocycles. The van der Waals surface area contributed by atoms with E-state index in [-0.39, 0.29) is 54.0 Å². The van der Waals surface area contributed by atoms with Gasteiger partial charge in [0.25, 0.3) is 0 Å². The minimum atomic E-state index is -3.75. The van der Waals surface area contributed by atoms with Crippen molar-refractivity contribution in [2.24, 2.45) is 11.7 Å². The van der Waals surface area contributed by atoms with Crippen LogP contribution in [-0.4, -0.2) is 61.7 Å². The van der Waals surface area contributed by atoms with Crippen molar-refractivity contribution in [2.75, 3.05) is 33.2 Å². The number of rotatable bonds is 6. The average Bonchev–Trinajstić information content (AvgIpc) is 3.14. The molecule has 2 atom stereocenters. The lowest BCUT2D eigenvalue weighted by Gasteiger charge is -2.21. The van der Waals surface area contributed by atoms with E-state index in [2.05, 4.69) is 4.98 Å². The first-order valence-electron chi connectivity index (χ1n) is 8.82. The molecule has 29 heavy (non-hydrogen) atoms. The van der Waals surface area contributed by atoms with Gasteiger partial charge < -0.3 is 10.6 Å². The van der Waals surface area contributed by atoms with Gasteiger partial charge in [-0.05, 0) is 30.2 Å². The summed E-state index contributed by atoms with van der Waals surface area (Å²) in [6.45, 7) is 1.35. The van der Waals surface area contributed by atoms with Crippen molar-refractivity contribution in [3.05, 3.63) is 60.4 Å². The summed E-state index contributed by atoms with van der Waals surface area (Å²) in [6, 6.07) is 13.0. The molecule has 2 aromatic rings. The molecule has 1 aromatic heterocycles. The minimum Gasteiger partial charge on any atom is -0.341 e. The summed E-state index contributed by atoms with van der Waals surface area (Å²) in [5, 5.41) is 0. The van der Waals surface area contributed by atoms with E-state index in [0.717, 1.165) is 9.87 Å². The van der Waals surface area contributed by atoms with Gasteiger partial charge in [0, 0.05) is 38.4 Å². The summed E-state index contributed by atoms with van der Waals surface area (Å²) in [5.74, 6) is 0.110. The van der Waals surface area contributed by atoms with Gasteiger partial charge in [-0.3, -0.25) is 9.78 Å². The molecule has 7 nitrogen and oxygen atoms in total. The molecule has 1 aliphatic rings. The second-order valence-corrected chi connectivity index (χ2v) is 8.81. The van der Waals surface area contributed by atoms with Gasteiger partial charge in [-0.2, -0.15) is 4.31 Å². The van der Waals surface area contributed by atoms with Crippen molar-refractivity contribution in [1.29, 1.82) is 0 Å². The number of hydrogen-bond acceptors (Lipinski definition) is 5. The third kappa shape index (κ3) is 5.67. The molecule has 10 heteroatoms. The van der Waals surface area contributed by atoms with Crippen molar-refractivity contribution >= 4 is 40.7 Å². The van der Waals surface area contributed by atoms with Crippen molar-refractivity contribution in [3.63, 3.8) is 0 Å². The first-order valence-corrected chi connectivity index (χ1v) is 10.3. The molecule has 2 N–H and O–H groups in total. The third-order valence-corrected chi connectivity index (χ3v) is 6.81. The zero-order valence-corrected chi connectivity index (χ0v) is 18.5. The summed E-state index contributed by atoms with van der Waals surface area (Å²) in [6.07, 6.45) is 2.78. The van der Waals surface area contributed by atoms with E-state index in [0.29, 0.717) is 19.6 Å². The molecule has 1 fully saturated rings. The molecule has 3 rings (SSSR count). The smallest absolute Gasteiger partial charge is 0.244 e. The quantitative estimate of drug-likeness (QED) is 0.707.